The molecule has 1 heterocycles. The van der Waals surface area contributed by atoms with E-state index in [9.17, 15) is 0 Å². The number of rotatable bonds is 4. The second-order valence-electron chi connectivity index (χ2n) is 4.92. The molecule has 2 rings (SSSR count). The standard InChI is InChI=1S/C15H22N6/c1-11(13-8-6-5-7-9-13)18-15(16-3)17-10-14-20-19-12(2)21(14)4/h5-9,11H,10H2,1-4H3,(H2,16,17,18). The maximum atomic E-state index is 4.24. The van der Waals surface area contributed by atoms with Gasteiger partial charge in [0.2, 0.25) is 0 Å². The Hall–Kier alpha value is -2.37. The van der Waals surface area contributed by atoms with Crippen molar-refractivity contribution in [2.45, 2.75) is 26.4 Å². The van der Waals surface area contributed by atoms with Gasteiger partial charge >= 0.3 is 0 Å². The summed E-state index contributed by atoms with van der Waals surface area (Å²) in [4.78, 5) is 4.24. The fourth-order valence-corrected chi connectivity index (χ4v) is 1.99. The summed E-state index contributed by atoms with van der Waals surface area (Å²) in [6.45, 7) is 4.62. The predicted molar refractivity (Wildman–Crippen MR) is 83.9 cm³/mol. The number of nitrogens with one attached hydrogen (secondary N) is 2. The van der Waals surface area contributed by atoms with Crippen LogP contribution in [0.25, 0.3) is 0 Å². The molecule has 6 heteroatoms. The van der Waals surface area contributed by atoms with Crippen molar-refractivity contribution in [1.82, 2.24) is 25.4 Å². The molecular weight excluding hydrogens is 264 g/mol. The Balaban J connectivity index is 1.94. The Bertz CT molecular complexity index is 602. The van der Waals surface area contributed by atoms with E-state index >= 15 is 0 Å². The molecule has 1 unspecified atom stereocenters. The van der Waals surface area contributed by atoms with E-state index in [0.717, 1.165) is 17.6 Å². The van der Waals surface area contributed by atoms with E-state index in [0.29, 0.717) is 6.54 Å². The first-order chi connectivity index (χ1) is 10.1. The van der Waals surface area contributed by atoms with Crippen LogP contribution < -0.4 is 10.6 Å². The second-order valence-corrected chi connectivity index (χ2v) is 4.92. The molecule has 1 atom stereocenters. The molecule has 2 aromatic rings. The first-order valence-corrected chi connectivity index (χ1v) is 6.98. The molecule has 0 aliphatic carbocycles. The van der Waals surface area contributed by atoms with Gasteiger partial charge in [0.15, 0.2) is 11.8 Å². The van der Waals surface area contributed by atoms with E-state index in [1.165, 1.54) is 5.56 Å². The van der Waals surface area contributed by atoms with Crippen molar-refractivity contribution in [3.63, 3.8) is 0 Å². The zero-order chi connectivity index (χ0) is 15.2. The van der Waals surface area contributed by atoms with Gasteiger partial charge in [-0.15, -0.1) is 10.2 Å². The maximum Gasteiger partial charge on any atom is 0.191 e. The molecule has 0 spiro atoms. The Morgan fingerprint density at radius 2 is 2.00 bits per heavy atom. The van der Waals surface area contributed by atoms with Crippen molar-refractivity contribution < 1.29 is 0 Å². The Morgan fingerprint density at radius 1 is 1.29 bits per heavy atom. The van der Waals surface area contributed by atoms with E-state index in [4.69, 9.17) is 0 Å². The molecule has 0 aliphatic rings. The van der Waals surface area contributed by atoms with Crippen LogP contribution in [0.3, 0.4) is 0 Å². The molecule has 0 aliphatic heterocycles. The Kier molecular flexibility index (Phi) is 4.92. The van der Waals surface area contributed by atoms with Gasteiger partial charge in [0.1, 0.15) is 5.82 Å². The van der Waals surface area contributed by atoms with Gasteiger partial charge in [0.05, 0.1) is 12.6 Å². The largest absolute Gasteiger partial charge is 0.350 e. The number of nitrogens with zero attached hydrogens (tertiary/aromatic N) is 4. The molecule has 0 radical (unpaired) electrons. The molecule has 0 saturated heterocycles. The lowest BCUT2D eigenvalue weighted by atomic mass is 10.1. The zero-order valence-electron chi connectivity index (χ0n) is 13.0. The minimum atomic E-state index is 0.179. The van der Waals surface area contributed by atoms with Crippen LogP contribution in [0.5, 0.6) is 0 Å². The third-order valence-corrected chi connectivity index (χ3v) is 3.47. The monoisotopic (exact) mass is 286 g/mol. The average molecular weight is 286 g/mol. The third kappa shape index (κ3) is 3.81. The molecule has 21 heavy (non-hydrogen) atoms. The maximum absolute atomic E-state index is 4.24. The number of hydrogen-bond donors (Lipinski definition) is 2. The number of aryl methyl sites for hydroxylation is 1. The van der Waals surface area contributed by atoms with Gasteiger partial charge in [-0.05, 0) is 19.4 Å². The molecule has 6 nitrogen and oxygen atoms in total. The van der Waals surface area contributed by atoms with Crippen LogP contribution in [0.15, 0.2) is 35.3 Å². The van der Waals surface area contributed by atoms with Crippen molar-refractivity contribution in [3.8, 4) is 0 Å². The number of benzene rings is 1. The molecule has 1 aromatic carbocycles. The summed E-state index contributed by atoms with van der Waals surface area (Å²) in [5, 5.41) is 14.8. The van der Waals surface area contributed by atoms with Crippen LogP contribution in [0.2, 0.25) is 0 Å². The molecule has 0 saturated carbocycles. The van der Waals surface area contributed by atoms with E-state index < -0.39 is 0 Å². The number of aliphatic imine (C=N–C) groups is 1. The minimum absolute atomic E-state index is 0.179. The number of guanidine groups is 1. The van der Waals surface area contributed by atoms with Crippen LogP contribution in [0.1, 0.15) is 30.2 Å². The smallest absolute Gasteiger partial charge is 0.191 e. The lowest BCUT2D eigenvalue weighted by Crippen LogP contribution is -2.38. The molecule has 0 fully saturated rings. The van der Waals surface area contributed by atoms with E-state index in [2.05, 4.69) is 44.9 Å². The lowest BCUT2D eigenvalue weighted by molar-refractivity contribution is 0.667. The quantitative estimate of drug-likeness (QED) is 0.661. The highest BCUT2D eigenvalue weighted by Gasteiger charge is 2.09. The molecule has 0 bridgehead atoms. The highest BCUT2D eigenvalue weighted by Crippen LogP contribution is 2.10. The van der Waals surface area contributed by atoms with Crippen molar-refractivity contribution in [2.75, 3.05) is 7.05 Å². The van der Waals surface area contributed by atoms with Gasteiger partial charge in [-0.1, -0.05) is 30.3 Å². The van der Waals surface area contributed by atoms with E-state index in [-0.39, 0.29) is 6.04 Å². The number of hydrogen-bond acceptors (Lipinski definition) is 3. The van der Waals surface area contributed by atoms with Gasteiger partial charge in [-0.25, -0.2) is 0 Å². The van der Waals surface area contributed by atoms with Gasteiger partial charge < -0.3 is 15.2 Å². The highest BCUT2D eigenvalue weighted by atomic mass is 15.3. The Labute approximate surface area is 125 Å². The second kappa shape index (κ2) is 6.88. The van der Waals surface area contributed by atoms with Crippen molar-refractivity contribution in [3.05, 3.63) is 47.5 Å². The van der Waals surface area contributed by atoms with Crippen molar-refractivity contribution in [1.29, 1.82) is 0 Å². The summed E-state index contributed by atoms with van der Waals surface area (Å²) in [6, 6.07) is 10.4. The van der Waals surface area contributed by atoms with Crippen LogP contribution in [-0.4, -0.2) is 27.8 Å². The first-order valence-electron chi connectivity index (χ1n) is 6.98. The Morgan fingerprint density at radius 3 is 2.57 bits per heavy atom. The van der Waals surface area contributed by atoms with Crippen LogP contribution in [-0.2, 0) is 13.6 Å². The molecule has 0 amide bonds. The fraction of sp³-hybridized carbons (Fsp3) is 0.400. The molecule has 1 aromatic heterocycles. The van der Waals surface area contributed by atoms with Gasteiger partial charge in [0, 0.05) is 14.1 Å². The number of aromatic nitrogens is 3. The normalized spacial score (nSPS) is 13.0. The topological polar surface area (TPSA) is 67.1 Å². The van der Waals surface area contributed by atoms with Gasteiger partial charge in [-0.3, -0.25) is 4.99 Å². The van der Waals surface area contributed by atoms with E-state index in [1.54, 1.807) is 7.05 Å². The van der Waals surface area contributed by atoms with E-state index in [1.807, 2.05) is 36.7 Å². The SMILES string of the molecule is CN=C(NCc1nnc(C)n1C)NC(C)c1ccccc1. The summed E-state index contributed by atoms with van der Waals surface area (Å²) < 4.78 is 1.96. The minimum Gasteiger partial charge on any atom is -0.350 e. The summed E-state index contributed by atoms with van der Waals surface area (Å²) in [6.07, 6.45) is 0. The summed E-state index contributed by atoms with van der Waals surface area (Å²) >= 11 is 0. The van der Waals surface area contributed by atoms with Gasteiger partial charge in [0.25, 0.3) is 0 Å². The molecular formula is C15H22N6. The lowest BCUT2D eigenvalue weighted by Gasteiger charge is -2.18. The van der Waals surface area contributed by atoms with Crippen molar-refractivity contribution >= 4 is 5.96 Å². The van der Waals surface area contributed by atoms with Crippen LogP contribution in [0.4, 0.5) is 0 Å². The molecule has 2 N–H and O–H groups in total. The third-order valence-electron chi connectivity index (χ3n) is 3.47. The zero-order valence-corrected chi connectivity index (χ0v) is 13.0. The van der Waals surface area contributed by atoms with Gasteiger partial charge in [-0.2, -0.15) is 0 Å². The van der Waals surface area contributed by atoms with Crippen LogP contribution in [0, 0.1) is 6.92 Å². The summed E-state index contributed by atoms with van der Waals surface area (Å²) in [7, 11) is 3.71. The van der Waals surface area contributed by atoms with Crippen molar-refractivity contribution in [2.24, 2.45) is 12.0 Å². The first kappa shape index (κ1) is 15.0. The summed E-state index contributed by atoms with van der Waals surface area (Å²) in [5.41, 5.74) is 1.22. The predicted octanol–water partition coefficient (Wildman–Crippen LogP) is 1.55. The van der Waals surface area contributed by atoms with Crippen LogP contribution >= 0.6 is 0 Å². The average Bonchev–Trinajstić information content (AvgIpc) is 2.83. The highest BCUT2D eigenvalue weighted by molar-refractivity contribution is 5.80. The summed E-state index contributed by atoms with van der Waals surface area (Å²) in [5.74, 6) is 2.52. The fourth-order valence-electron chi connectivity index (χ4n) is 1.99. The molecule has 112 valence electrons.